The number of anilines is 6. The Morgan fingerprint density at radius 3 is 1.69 bits per heavy atom. The molecule has 0 fully saturated rings. The van der Waals surface area contributed by atoms with Gasteiger partial charge in [0.1, 0.15) is 11.3 Å². The van der Waals surface area contributed by atoms with Crippen molar-refractivity contribution in [1.82, 2.24) is 0 Å². The van der Waals surface area contributed by atoms with Crippen molar-refractivity contribution in [2.45, 2.75) is 5.41 Å². The molecule has 1 heterocycles. The zero-order valence-corrected chi connectivity index (χ0v) is 31.6. The SMILES string of the molecule is c1ccc(N(c2ccc3c(c2)C2(c4ccccc4-3)c3cccc(N(c4ccccc4)c4ccccc4)c3-c3oc4ccccc4c32)c2ccc3ccccc3c2)cc1. The van der Waals surface area contributed by atoms with Gasteiger partial charge in [-0.2, -0.15) is 0 Å². The lowest BCUT2D eigenvalue weighted by molar-refractivity contribution is 0.628. The minimum Gasteiger partial charge on any atom is -0.456 e. The molecule has 0 bridgehead atoms. The lowest BCUT2D eigenvalue weighted by Gasteiger charge is -2.33. The largest absolute Gasteiger partial charge is 0.456 e. The second kappa shape index (κ2) is 12.7. The second-order valence-electron chi connectivity index (χ2n) is 15.2. The fraction of sp³-hybridized carbons (Fsp3) is 0.0182. The molecule has 3 heteroatoms. The fourth-order valence-corrected chi connectivity index (χ4v) is 9.89. The van der Waals surface area contributed by atoms with Crippen LogP contribution in [0.15, 0.2) is 223 Å². The van der Waals surface area contributed by atoms with Crippen molar-refractivity contribution >= 4 is 55.9 Å². The van der Waals surface area contributed by atoms with Crippen LogP contribution in [0.2, 0.25) is 0 Å². The molecule has 9 aromatic carbocycles. The van der Waals surface area contributed by atoms with E-state index in [4.69, 9.17) is 4.42 Å². The lowest BCUT2D eigenvalue weighted by atomic mass is 9.70. The molecule has 2 aliphatic rings. The molecule has 272 valence electrons. The molecule has 10 aromatic rings. The van der Waals surface area contributed by atoms with Gasteiger partial charge in [0.25, 0.3) is 0 Å². The highest BCUT2D eigenvalue weighted by molar-refractivity contribution is 6.06. The van der Waals surface area contributed by atoms with Crippen molar-refractivity contribution in [3.05, 3.63) is 241 Å². The van der Waals surface area contributed by atoms with Gasteiger partial charge in [0.2, 0.25) is 0 Å². The van der Waals surface area contributed by atoms with Crippen molar-refractivity contribution in [3.63, 3.8) is 0 Å². The summed E-state index contributed by atoms with van der Waals surface area (Å²) in [6.45, 7) is 0. The summed E-state index contributed by atoms with van der Waals surface area (Å²) < 4.78 is 7.14. The van der Waals surface area contributed by atoms with Crippen molar-refractivity contribution in [1.29, 1.82) is 0 Å². The van der Waals surface area contributed by atoms with E-state index in [0.717, 1.165) is 56.4 Å². The smallest absolute Gasteiger partial charge is 0.142 e. The second-order valence-corrected chi connectivity index (χ2v) is 15.2. The zero-order valence-electron chi connectivity index (χ0n) is 31.6. The van der Waals surface area contributed by atoms with E-state index >= 15 is 0 Å². The molecule has 0 N–H and O–H groups in total. The van der Waals surface area contributed by atoms with Crippen LogP contribution < -0.4 is 9.80 Å². The van der Waals surface area contributed by atoms with Gasteiger partial charge < -0.3 is 14.2 Å². The van der Waals surface area contributed by atoms with Gasteiger partial charge in [-0.1, -0.05) is 146 Å². The van der Waals surface area contributed by atoms with Crippen LogP contribution >= 0.6 is 0 Å². The highest BCUT2D eigenvalue weighted by Gasteiger charge is 2.55. The molecule has 1 aromatic heterocycles. The third-order valence-electron chi connectivity index (χ3n) is 12.2. The average molecular weight is 741 g/mol. The van der Waals surface area contributed by atoms with Crippen molar-refractivity contribution in [3.8, 4) is 22.5 Å². The molecular formula is C55H36N2O. The highest BCUT2D eigenvalue weighted by atomic mass is 16.3. The Kier molecular flexibility index (Phi) is 7.14. The predicted molar refractivity (Wildman–Crippen MR) is 239 cm³/mol. The van der Waals surface area contributed by atoms with Crippen molar-refractivity contribution in [2.75, 3.05) is 9.80 Å². The molecule has 0 aliphatic heterocycles. The van der Waals surface area contributed by atoms with E-state index in [9.17, 15) is 0 Å². The number of nitrogens with zero attached hydrogens (tertiary/aromatic N) is 2. The minimum atomic E-state index is -0.653. The standard InChI is InChI=1S/C55H36N2O/c1-4-19-39(20-5-1)56(42-32-31-37-17-10-11-18-38(37)35-42)43-33-34-45-44-25-12-14-27-47(44)55(49(45)36-43)48-28-16-29-50(52(48)54-53(55)46-26-13-15-30-51(46)58-54)57(40-21-6-2-7-22-40)41-23-8-3-9-24-41/h1-36H. The lowest BCUT2D eigenvalue weighted by Crippen LogP contribution is -2.26. The van der Waals surface area contributed by atoms with Crippen LogP contribution in [-0.2, 0) is 5.41 Å². The van der Waals surface area contributed by atoms with Crippen LogP contribution in [0.1, 0.15) is 22.3 Å². The van der Waals surface area contributed by atoms with Gasteiger partial charge in [0.15, 0.2) is 0 Å². The van der Waals surface area contributed by atoms with E-state index in [1.807, 2.05) is 0 Å². The van der Waals surface area contributed by atoms with Gasteiger partial charge in [0, 0.05) is 45.0 Å². The van der Waals surface area contributed by atoms with Crippen LogP contribution in [0, 0.1) is 0 Å². The summed E-state index contributed by atoms with van der Waals surface area (Å²) in [5.74, 6) is 0.922. The van der Waals surface area contributed by atoms with E-state index in [0.29, 0.717) is 0 Å². The number of benzene rings is 9. The van der Waals surface area contributed by atoms with E-state index in [2.05, 4.69) is 228 Å². The van der Waals surface area contributed by atoms with Crippen LogP contribution in [0.3, 0.4) is 0 Å². The molecule has 3 nitrogen and oxygen atoms in total. The van der Waals surface area contributed by atoms with Gasteiger partial charge in [-0.25, -0.2) is 0 Å². The maximum atomic E-state index is 7.14. The summed E-state index contributed by atoms with van der Waals surface area (Å²) in [6.07, 6.45) is 0. The number of hydrogen-bond donors (Lipinski definition) is 0. The summed E-state index contributed by atoms with van der Waals surface area (Å²) >= 11 is 0. The molecule has 58 heavy (non-hydrogen) atoms. The van der Waals surface area contributed by atoms with Gasteiger partial charge in [-0.05, 0) is 111 Å². The molecule has 1 unspecified atom stereocenters. The first-order valence-corrected chi connectivity index (χ1v) is 19.9. The van der Waals surface area contributed by atoms with Gasteiger partial charge in [-0.15, -0.1) is 0 Å². The van der Waals surface area contributed by atoms with Gasteiger partial charge >= 0.3 is 0 Å². The Morgan fingerprint density at radius 1 is 0.362 bits per heavy atom. The van der Waals surface area contributed by atoms with Crippen LogP contribution in [0.5, 0.6) is 0 Å². The van der Waals surface area contributed by atoms with Gasteiger partial charge in [-0.3, -0.25) is 0 Å². The number of furan rings is 1. The Morgan fingerprint density at radius 2 is 0.931 bits per heavy atom. The number of hydrogen-bond acceptors (Lipinski definition) is 3. The normalized spacial score (nSPS) is 14.6. The molecule has 1 spiro atoms. The molecule has 2 aliphatic carbocycles. The Labute approximate surface area is 337 Å². The summed E-state index contributed by atoms with van der Waals surface area (Å²) in [4.78, 5) is 4.78. The summed E-state index contributed by atoms with van der Waals surface area (Å²) in [5, 5.41) is 3.56. The first-order valence-electron chi connectivity index (χ1n) is 19.9. The quantitative estimate of drug-likeness (QED) is 0.169. The molecule has 0 saturated carbocycles. The molecular weight excluding hydrogens is 705 g/mol. The third kappa shape index (κ3) is 4.62. The highest BCUT2D eigenvalue weighted by Crippen LogP contribution is 2.67. The van der Waals surface area contributed by atoms with E-state index in [-0.39, 0.29) is 0 Å². The van der Waals surface area contributed by atoms with Crippen LogP contribution in [0.4, 0.5) is 34.1 Å². The van der Waals surface area contributed by atoms with E-state index in [1.165, 1.54) is 44.2 Å². The Balaban J connectivity index is 1.18. The summed E-state index contributed by atoms with van der Waals surface area (Å²) in [7, 11) is 0. The third-order valence-corrected chi connectivity index (χ3v) is 12.2. The zero-order chi connectivity index (χ0) is 38.2. The predicted octanol–water partition coefficient (Wildman–Crippen LogP) is 14.9. The van der Waals surface area contributed by atoms with Crippen LogP contribution in [-0.4, -0.2) is 0 Å². The number of para-hydroxylation sites is 4. The molecule has 1 atom stereocenters. The number of fused-ring (bicyclic) bond motifs is 13. The summed E-state index contributed by atoms with van der Waals surface area (Å²) in [5.41, 5.74) is 15.4. The minimum absolute atomic E-state index is 0.653. The maximum absolute atomic E-state index is 7.14. The monoisotopic (exact) mass is 740 g/mol. The summed E-state index contributed by atoms with van der Waals surface area (Å²) in [6, 6.07) is 79.0. The molecule has 0 amide bonds. The molecule has 12 rings (SSSR count). The first kappa shape index (κ1) is 32.6. The Bertz CT molecular complexity index is 3150. The average Bonchev–Trinajstić information content (AvgIpc) is 3.91. The van der Waals surface area contributed by atoms with Gasteiger partial charge in [0.05, 0.1) is 11.1 Å². The molecule has 0 saturated heterocycles. The topological polar surface area (TPSA) is 19.6 Å². The van der Waals surface area contributed by atoms with Crippen molar-refractivity contribution < 1.29 is 4.42 Å². The van der Waals surface area contributed by atoms with Crippen LogP contribution in [0.25, 0.3) is 44.2 Å². The molecule has 0 radical (unpaired) electrons. The fourth-order valence-electron chi connectivity index (χ4n) is 9.89. The Hall–Kier alpha value is -7.62. The van der Waals surface area contributed by atoms with Crippen molar-refractivity contribution in [2.24, 2.45) is 0 Å². The number of rotatable bonds is 6. The first-order chi connectivity index (χ1) is 28.8. The maximum Gasteiger partial charge on any atom is 0.142 e. The van der Waals surface area contributed by atoms with E-state index < -0.39 is 5.41 Å². The van der Waals surface area contributed by atoms with E-state index in [1.54, 1.807) is 0 Å².